The molecule has 0 aliphatic carbocycles. The number of halogens is 1. The van der Waals surface area contributed by atoms with Gasteiger partial charge in [-0.05, 0) is 46.6 Å². The molecule has 0 aliphatic rings. The van der Waals surface area contributed by atoms with E-state index in [-0.39, 0.29) is 5.78 Å². The van der Waals surface area contributed by atoms with Crippen molar-refractivity contribution < 1.29 is 9.53 Å². The molecular weight excluding hydrogens is 280 g/mol. The first kappa shape index (κ1) is 12.1. The van der Waals surface area contributed by atoms with Crippen molar-refractivity contribution in [2.45, 2.75) is 20.0 Å². The molecule has 1 atom stereocenters. The molecule has 0 N–H and O–H groups in total. The molecule has 2 aromatic rings. The monoisotopic (exact) mass is 292 g/mol. The van der Waals surface area contributed by atoms with Crippen LogP contribution in [0.15, 0.2) is 40.9 Å². The molecule has 0 fully saturated rings. The maximum absolute atomic E-state index is 11.2. The summed E-state index contributed by atoms with van der Waals surface area (Å²) >= 11 is 3.52. The minimum absolute atomic E-state index is 0.0186. The second-order valence-corrected chi connectivity index (χ2v) is 4.76. The summed E-state index contributed by atoms with van der Waals surface area (Å²) in [5.41, 5.74) is 0. The van der Waals surface area contributed by atoms with Gasteiger partial charge in [0.1, 0.15) is 5.75 Å². The molecule has 0 amide bonds. The molecule has 0 aliphatic heterocycles. The van der Waals surface area contributed by atoms with Gasteiger partial charge in [0.2, 0.25) is 0 Å². The molecule has 2 nitrogen and oxygen atoms in total. The van der Waals surface area contributed by atoms with E-state index in [9.17, 15) is 4.79 Å². The number of carbonyl (C=O) groups excluding carboxylic acids is 1. The van der Waals surface area contributed by atoms with Crippen molar-refractivity contribution in [2.75, 3.05) is 0 Å². The van der Waals surface area contributed by atoms with Gasteiger partial charge in [-0.25, -0.2) is 0 Å². The van der Waals surface area contributed by atoms with E-state index in [1.165, 1.54) is 6.92 Å². The van der Waals surface area contributed by atoms with Crippen LogP contribution in [0.1, 0.15) is 13.8 Å². The zero-order valence-corrected chi connectivity index (χ0v) is 11.3. The Kier molecular flexibility index (Phi) is 3.48. The Bertz CT molecular complexity index is 563. The van der Waals surface area contributed by atoms with Gasteiger partial charge in [0.15, 0.2) is 11.9 Å². The third-order valence-corrected chi connectivity index (χ3v) is 3.52. The average molecular weight is 293 g/mol. The predicted octanol–water partition coefficient (Wildman–Crippen LogP) is 3.96. The lowest BCUT2D eigenvalue weighted by Gasteiger charge is -2.14. The number of Topliss-reactive ketones (excluding diaryl/α,β-unsaturated/α-hetero) is 1. The quantitative estimate of drug-likeness (QED) is 0.856. The van der Waals surface area contributed by atoms with Crippen molar-refractivity contribution in [3.05, 3.63) is 40.9 Å². The maximum Gasteiger partial charge on any atom is 0.169 e. The van der Waals surface area contributed by atoms with Crippen molar-refractivity contribution in [3.8, 4) is 5.75 Å². The molecule has 2 rings (SSSR count). The predicted molar refractivity (Wildman–Crippen MR) is 72.4 cm³/mol. The molecule has 0 bridgehead atoms. The van der Waals surface area contributed by atoms with Gasteiger partial charge < -0.3 is 4.74 Å². The number of hydrogen-bond acceptors (Lipinski definition) is 2. The van der Waals surface area contributed by atoms with Crippen LogP contribution in [-0.4, -0.2) is 11.9 Å². The third-order valence-electron chi connectivity index (χ3n) is 2.70. The zero-order chi connectivity index (χ0) is 12.4. The lowest BCUT2D eigenvalue weighted by Crippen LogP contribution is -2.20. The highest BCUT2D eigenvalue weighted by Crippen LogP contribution is 2.33. The average Bonchev–Trinajstić information content (AvgIpc) is 2.33. The summed E-state index contributed by atoms with van der Waals surface area (Å²) in [6.45, 7) is 3.28. The lowest BCUT2D eigenvalue weighted by atomic mass is 10.1. The van der Waals surface area contributed by atoms with Gasteiger partial charge in [-0.2, -0.15) is 0 Å². The van der Waals surface area contributed by atoms with Crippen molar-refractivity contribution in [2.24, 2.45) is 0 Å². The topological polar surface area (TPSA) is 26.3 Å². The van der Waals surface area contributed by atoms with Crippen LogP contribution in [-0.2, 0) is 4.79 Å². The Balaban J connectivity index is 2.42. The van der Waals surface area contributed by atoms with Crippen molar-refractivity contribution in [3.63, 3.8) is 0 Å². The molecule has 0 saturated heterocycles. The van der Waals surface area contributed by atoms with Gasteiger partial charge >= 0.3 is 0 Å². The third kappa shape index (κ3) is 2.50. The number of hydrogen-bond donors (Lipinski definition) is 0. The highest BCUT2D eigenvalue weighted by Gasteiger charge is 2.12. The van der Waals surface area contributed by atoms with E-state index in [0.717, 1.165) is 15.2 Å². The van der Waals surface area contributed by atoms with Gasteiger partial charge in [-0.1, -0.05) is 30.3 Å². The number of benzene rings is 2. The van der Waals surface area contributed by atoms with Crippen LogP contribution >= 0.6 is 15.9 Å². The Morgan fingerprint density at radius 2 is 1.94 bits per heavy atom. The fourth-order valence-electron chi connectivity index (χ4n) is 1.58. The summed E-state index contributed by atoms with van der Waals surface area (Å²) in [4.78, 5) is 11.2. The van der Waals surface area contributed by atoms with Crippen LogP contribution in [0.4, 0.5) is 0 Å². The largest absolute Gasteiger partial charge is 0.482 e. The summed E-state index contributed by atoms with van der Waals surface area (Å²) in [6.07, 6.45) is -0.424. The van der Waals surface area contributed by atoms with Crippen molar-refractivity contribution in [1.82, 2.24) is 0 Å². The van der Waals surface area contributed by atoms with Crippen LogP contribution < -0.4 is 4.74 Å². The zero-order valence-electron chi connectivity index (χ0n) is 9.74. The van der Waals surface area contributed by atoms with Crippen LogP contribution in [0, 0.1) is 0 Å². The molecule has 0 aromatic heterocycles. The minimum atomic E-state index is -0.424. The lowest BCUT2D eigenvalue weighted by molar-refractivity contribution is -0.122. The van der Waals surface area contributed by atoms with E-state index in [0.29, 0.717) is 5.75 Å². The molecule has 0 heterocycles. The number of fused-ring (bicyclic) bond motifs is 1. The summed E-state index contributed by atoms with van der Waals surface area (Å²) in [5, 5.41) is 2.22. The fourth-order valence-corrected chi connectivity index (χ4v) is 2.16. The highest BCUT2D eigenvalue weighted by molar-refractivity contribution is 9.10. The summed E-state index contributed by atoms with van der Waals surface area (Å²) in [6, 6.07) is 11.9. The smallest absolute Gasteiger partial charge is 0.169 e. The van der Waals surface area contributed by atoms with E-state index in [2.05, 4.69) is 15.9 Å². The normalized spacial score (nSPS) is 12.4. The van der Waals surface area contributed by atoms with Crippen LogP contribution in [0.3, 0.4) is 0 Å². The molecule has 0 radical (unpaired) electrons. The minimum Gasteiger partial charge on any atom is -0.482 e. The molecule has 1 unspecified atom stereocenters. The van der Waals surface area contributed by atoms with Gasteiger partial charge in [0.25, 0.3) is 0 Å². The highest BCUT2D eigenvalue weighted by atomic mass is 79.9. The summed E-state index contributed by atoms with van der Waals surface area (Å²) < 4.78 is 6.51. The van der Waals surface area contributed by atoms with Gasteiger partial charge in [-0.15, -0.1) is 0 Å². The summed E-state index contributed by atoms with van der Waals surface area (Å²) in [5.74, 6) is 0.719. The molecular formula is C14H13BrO2. The van der Waals surface area contributed by atoms with Gasteiger partial charge in [0.05, 0.1) is 4.47 Å². The van der Waals surface area contributed by atoms with E-state index < -0.39 is 6.10 Å². The second kappa shape index (κ2) is 4.88. The fraction of sp³-hybridized carbons (Fsp3) is 0.214. The number of ketones is 1. The SMILES string of the molecule is CC(=O)C(C)Oc1ccc2ccccc2c1Br. The molecule has 88 valence electrons. The van der Waals surface area contributed by atoms with Crippen molar-refractivity contribution in [1.29, 1.82) is 0 Å². The van der Waals surface area contributed by atoms with Crippen LogP contribution in [0.5, 0.6) is 5.75 Å². The standard InChI is InChI=1S/C14H13BrO2/c1-9(16)10(2)17-13-8-7-11-5-3-4-6-12(11)14(13)15/h3-8,10H,1-2H3. The number of carbonyl (C=O) groups is 1. The van der Waals surface area contributed by atoms with E-state index in [1.807, 2.05) is 36.4 Å². The van der Waals surface area contributed by atoms with Crippen LogP contribution in [0.2, 0.25) is 0 Å². The maximum atomic E-state index is 11.2. The Morgan fingerprint density at radius 3 is 2.65 bits per heavy atom. The first-order valence-corrected chi connectivity index (χ1v) is 6.23. The van der Waals surface area contributed by atoms with Gasteiger partial charge in [0, 0.05) is 0 Å². The first-order chi connectivity index (χ1) is 8.09. The van der Waals surface area contributed by atoms with Crippen molar-refractivity contribution >= 4 is 32.5 Å². The number of ether oxygens (including phenoxy) is 1. The molecule has 0 saturated carbocycles. The number of rotatable bonds is 3. The first-order valence-electron chi connectivity index (χ1n) is 5.44. The Labute approximate surface area is 109 Å². The molecule has 3 heteroatoms. The Hall–Kier alpha value is -1.35. The molecule has 0 spiro atoms. The second-order valence-electron chi connectivity index (χ2n) is 3.97. The van der Waals surface area contributed by atoms with E-state index in [4.69, 9.17) is 4.74 Å². The van der Waals surface area contributed by atoms with E-state index >= 15 is 0 Å². The van der Waals surface area contributed by atoms with Crippen LogP contribution in [0.25, 0.3) is 10.8 Å². The summed E-state index contributed by atoms with van der Waals surface area (Å²) in [7, 11) is 0. The Morgan fingerprint density at radius 1 is 1.24 bits per heavy atom. The van der Waals surface area contributed by atoms with E-state index in [1.54, 1.807) is 6.92 Å². The van der Waals surface area contributed by atoms with Gasteiger partial charge in [-0.3, -0.25) is 4.79 Å². The molecule has 2 aromatic carbocycles. The molecule has 17 heavy (non-hydrogen) atoms.